The third-order valence-corrected chi connectivity index (χ3v) is 3.21. The Hall–Kier alpha value is -1.86. The molecule has 20 heavy (non-hydrogen) atoms. The predicted molar refractivity (Wildman–Crippen MR) is 73.7 cm³/mol. The van der Waals surface area contributed by atoms with Gasteiger partial charge in [0.2, 0.25) is 10.3 Å². The SMILES string of the molecule is Cc1ccc(OCCOCCC(C(=O)O)=S(=O)=O)cc1. The van der Waals surface area contributed by atoms with E-state index in [0.717, 1.165) is 11.3 Å². The molecule has 1 aromatic rings. The Morgan fingerprint density at radius 3 is 2.35 bits per heavy atom. The maximum Gasteiger partial charge on any atom is 0.347 e. The number of benzene rings is 1. The van der Waals surface area contributed by atoms with Crippen molar-refractivity contribution in [3.8, 4) is 5.75 Å². The van der Waals surface area contributed by atoms with Crippen molar-refractivity contribution >= 4 is 21.1 Å². The van der Waals surface area contributed by atoms with Gasteiger partial charge in [0.15, 0.2) is 4.86 Å². The van der Waals surface area contributed by atoms with Gasteiger partial charge in [-0.2, -0.15) is 8.42 Å². The van der Waals surface area contributed by atoms with Crippen LogP contribution in [0.4, 0.5) is 0 Å². The lowest BCUT2D eigenvalue weighted by atomic mass is 10.2. The van der Waals surface area contributed by atoms with Gasteiger partial charge >= 0.3 is 5.97 Å². The van der Waals surface area contributed by atoms with Crippen molar-refractivity contribution in [3.63, 3.8) is 0 Å². The number of hydrogen-bond acceptors (Lipinski definition) is 5. The van der Waals surface area contributed by atoms with E-state index in [9.17, 15) is 13.2 Å². The molecule has 0 bridgehead atoms. The second-order valence-corrected chi connectivity index (χ2v) is 4.95. The van der Waals surface area contributed by atoms with Gasteiger partial charge in [0.25, 0.3) is 0 Å². The van der Waals surface area contributed by atoms with Gasteiger partial charge in [0, 0.05) is 6.42 Å². The molecular formula is C13H16O6S. The van der Waals surface area contributed by atoms with Crippen molar-refractivity contribution in [1.82, 2.24) is 0 Å². The van der Waals surface area contributed by atoms with Crippen molar-refractivity contribution in [3.05, 3.63) is 29.8 Å². The van der Waals surface area contributed by atoms with Gasteiger partial charge in [-0.25, -0.2) is 4.79 Å². The quantitative estimate of drug-likeness (QED) is 0.567. The largest absolute Gasteiger partial charge is 0.491 e. The number of carbonyl (C=O) groups is 1. The van der Waals surface area contributed by atoms with Crippen LogP contribution in [0.3, 0.4) is 0 Å². The summed E-state index contributed by atoms with van der Waals surface area (Å²) < 4.78 is 31.7. The molecule has 0 aliphatic rings. The molecule has 0 aliphatic carbocycles. The van der Waals surface area contributed by atoms with E-state index in [4.69, 9.17) is 14.6 Å². The first-order valence-electron chi connectivity index (χ1n) is 5.96. The Labute approximate surface area is 118 Å². The zero-order valence-corrected chi connectivity index (χ0v) is 11.9. The van der Waals surface area contributed by atoms with Gasteiger partial charge in [-0.15, -0.1) is 0 Å². The minimum absolute atomic E-state index is 0.0207. The van der Waals surface area contributed by atoms with Crippen LogP contribution in [0.15, 0.2) is 24.3 Å². The summed E-state index contributed by atoms with van der Waals surface area (Å²) in [7, 11) is -2.72. The molecule has 1 aromatic carbocycles. The number of ether oxygens (including phenoxy) is 2. The maximum atomic E-state index is 10.6. The van der Waals surface area contributed by atoms with Crippen molar-refractivity contribution < 1.29 is 27.8 Å². The first kappa shape index (κ1) is 16.2. The van der Waals surface area contributed by atoms with E-state index in [-0.39, 0.29) is 19.6 Å². The first-order chi connectivity index (χ1) is 9.50. The molecule has 0 unspecified atom stereocenters. The van der Waals surface area contributed by atoms with Crippen molar-refractivity contribution in [2.75, 3.05) is 19.8 Å². The number of hydrogen-bond donors (Lipinski definition) is 1. The Bertz CT molecular complexity index is 565. The summed E-state index contributed by atoms with van der Waals surface area (Å²) >= 11 is 0. The standard InChI is InChI=1S/C13H16O6S/c1-10-2-4-11(5-3-10)19-9-8-18-7-6-12(13(14)15)20(16)17/h2-5H,6-9H2,1H3,(H,14,15). The smallest absolute Gasteiger partial charge is 0.347 e. The van der Waals surface area contributed by atoms with Crippen LogP contribution in [0.1, 0.15) is 12.0 Å². The highest BCUT2D eigenvalue weighted by Gasteiger charge is 2.10. The third kappa shape index (κ3) is 5.85. The number of aryl methyl sites for hydroxylation is 1. The first-order valence-corrected chi connectivity index (χ1v) is 7.04. The fourth-order valence-electron chi connectivity index (χ4n) is 1.38. The molecule has 0 amide bonds. The highest BCUT2D eigenvalue weighted by atomic mass is 32.2. The van der Waals surface area contributed by atoms with Crippen LogP contribution < -0.4 is 4.74 Å². The molecule has 0 aliphatic heterocycles. The second kappa shape index (κ2) is 8.34. The Balaban J connectivity index is 2.21. The third-order valence-electron chi connectivity index (χ3n) is 2.43. The van der Waals surface area contributed by atoms with E-state index in [0.29, 0.717) is 6.61 Å². The normalized spacial score (nSPS) is 10.1. The number of aliphatic carboxylic acids is 1. The van der Waals surface area contributed by atoms with Crippen LogP contribution in [0, 0.1) is 6.92 Å². The zero-order valence-electron chi connectivity index (χ0n) is 11.0. The van der Waals surface area contributed by atoms with Crippen LogP contribution in [0.25, 0.3) is 0 Å². The molecule has 0 heterocycles. The Kier molecular flexibility index (Phi) is 6.75. The molecule has 1 rings (SSSR count). The minimum atomic E-state index is -2.72. The topological polar surface area (TPSA) is 89.9 Å². The van der Waals surface area contributed by atoms with E-state index in [2.05, 4.69) is 0 Å². The van der Waals surface area contributed by atoms with Crippen LogP contribution >= 0.6 is 0 Å². The lowest BCUT2D eigenvalue weighted by Crippen LogP contribution is -2.17. The van der Waals surface area contributed by atoms with Gasteiger partial charge in [-0.1, -0.05) is 17.7 Å². The molecule has 0 saturated heterocycles. The highest BCUT2D eigenvalue weighted by Crippen LogP contribution is 2.10. The van der Waals surface area contributed by atoms with Gasteiger partial charge in [-0.05, 0) is 19.1 Å². The van der Waals surface area contributed by atoms with Gasteiger partial charge in [-0.3, -0.25) is 0 Å². The van der Waals surface area contributed by atoms with Gasteiger partial charge in [0.1, 0.15) is 12.4 Å². The molecule has 0 radical (unpaired) electrons. The monoisotopic (exact) mass is 300 g/mol. The molecule has 1 N–H and O–H groups in total. The molecule has 0 atom stereocenters. The van der Waals surface area contributed by atoms with Crippen LogP contribution in [0.2, 0.25) is 0 Å². The van der Waals surface area contributed by atoms with Crippen LogP contribution in [0.5, 0.6) is 5.75 Å². The van der Waals surface area contributed by atoms with Gasteiger partial charge < -0.3 is 14.6 Å². The van der Waals surface area contributed by atoms with Crippen molar-refractivity contribution in [2.24, 2.45) is 0 Å². The van der Waals surface area contributed by atoms with Crippen molar-refractivity contribution in [1.29, 1.82) is 0 Å². The lowest BCUT2D eigenvalue weighted by molar-refractivity contribution is -0.129. The predicted octanol–water partition coefficient (Wildman–Crippen LogP) is 0.917. The fourth-order valence-corrected chi connectivity index (χ4v) is 1.77. The fraction of sp³-hybridized carbons (Fsp3) is 0.385. The molecule has 0 saturated carbocycles. The summed E-state index contributed by atoms with van der Waals surface area (Å²) in [5, 5.41) is 8.61. The van der Waals surface area contributed by atoms with E-state index < -0.39 is 21.1 Å². The zero-order chi connectivity index (χ0) is 15.0. The molecule has 110 valence electrons. The molecule has 6 nitrogen and oxygen atoms in total. The molecule has 0 aromatic heterocycles. The summed E-state index contributed by atoms with van der Waals surface area (Å²) in [6.45, 7) is 2.56. The van der Waals surface area contributed by atoms with Crippen LogP contribution in [-0.2, 0) is 19.8 Å². The van der Waals surface area contributed by atoms with Crippen LogP contribution in [-0.4, -0.2) is 44.2 Å². The molecule has 0 spiro atoms. The Morgan fingerprint density at radius 1 is 1.15 bits per heavy atom. The maximum absolute atomic E-state index is 10.6. The summed E-state index contributed by atoms with van der Waals surface area (Å²) in [5.41, 5.74) is 1.14. The average molecular weight is 300 g/mol. The number of rotatable bonds is 8. The highest BCUT2D eigenvalue weighted by molar-refractivity contribution is 7.74. The molecule has 0 fully saturated rings. The lowest BCUT2D eigenvalue weighted by Gasteiger charge is -2.07. The van der Waals surface area contributed by atoms with E-state index in [1.807, 2.05) is 31.2 Å². The number of carboxylic acids is 1. The molecule has 7 heteroatoms. The average Bonchev–Trinajstić information content (AvgIpc) is 2.39. The summed E-state index contributed by atoms with van der Waals surface area (Å²) in [5.74, 6) is -0.726. The number of carboxylic acid groups (broad SMARTS) is 1. The molecular weight excluding hydrogens is 284 g/mol. The van der Waals surface area contributed by atoms with E-state index in [1.165, 1.54) is 0 Å². The van der Waals surface area contributed by atoms with Crippen molar-refractivity contribution in [2.45, 2.75) is 13.3 Å². The summed E-state index contributed by atoms with van der Waals surface area (Å²) in [6.07, 6.45) is -0.157. The summed E-state index contributed by atoms with van der Waals surface area (Å²) in [4.78, 5) is 9.98. The van der Waals surface area contributed by atoms with E-state index in [1.54, 1.807) is 0 Å². The Morgan fingerprint density at radius 2 is 1.80 bits per heavy atom. The minimum Gasteiger partial charge on any atom is -0.491 e. The van der Waals surface area contributed by atoms with Gasteiger partial charge in [0.05, 0.1) is 13.2 Å². The summed E-state index contributed by atoms with van der Waals surface area (Å²) in [6, 6.07) is 7.53. The second-order valence-electron chi connectivity index (χ2n) is 3.99. The van der Waals surface area contributed by atoms with E-state index >= 15 is 0 Å².